The minimum absolute atomic E-state index is 0.246. The normalized spacial score (nSPS) is 21.0. The van der Waals surface area contributed by atoms with E-state index in [1.807, 2.05) is 61.0 Å². The molecule has 3 nitrogen and oxygen atoms in total. The minimum Gasteiger partial charge on any atom is -0.437 e. The second kappa shape index (κ2) is 6.04. The van der Waals surface area contributed by atoms with E-state index in [0.29, 0.717) is 28.2 Å². The van der Waals surface area contributed by atoms with Crippen molar-refractivity contribution in [3.8, 4) is 22.5 Å². The molecule has 3 aromatic heterocycles. The van der Waals surface area contributed by atoms with E-state index in [0.717, 1.165) is 33.0 Å². The summed E-state index contributed by atoms with van der Waals surface area (Å²) in [6.45, 7) is -0.807. The Balaban J connectivity index is 1.68. The van der Waals surface area contributed by atoms with E-state index in [4.69, 9.17) is 17.6 Å². The Morgan fingerprint density at radius 1 is 1.03 bits per heavy atom. The van der Waals surface area contributed by atoms with Crippen LogP contribution in [0.1, 0.15) is 44.3 Å². The van der Waals surface area contributed by atoms with Crippen LogP contribution in [0.4, 0.5) is 0 Å². The molecule has 0 spiro atoms. The summed E-state index contributed by atoms with van der Waals surface area (Å²) in [5, 5.41) is 1.53. The number of furan rings is 1. The van der Waals surface area contributed by atoms with Gasteiger partial charge in [-0.3, -0.25) is 0 Å². The number of nitrogens with zero attached hydrogens (tertiary/aromatic N) is 2. The molecule has 1 aliphatic rings. The van der Waals surface area contributed by atoms with Crippen LogP contribution in [-0.2, 0) is 12.5 Å². The molecule has 0 bridgehead atoms. The van der Waals surface area contributed by atoms with Crippen molar-refractivity contribution in [2.24, 2.45) is 7.05 Å². The largest absolute Gasteiger partial charge is 0.437 e. The van der Waals surface area contributed by atoms with Crippen molar-refractivity contribution in [3.63, 3.8) is 0 Å². The van der Waals surface area contributed by atoms with Gasteiger partial charge in [0.25, 0.3) is 0 Å². The van der Waals surface area contributed by atoms with Crippen LogP contribution in [0.5, 0.6) is 0 Å². The molecule has 0 N–H and O–H groups in total. The third-order valence-electron chi connectivity index (χ3n) is 6.51. The second-order valence-electron chi connectivity index (χ2n) is 8.56. The zero-order valence-corrected chi connectivity index (χ0v) is 17.6. The molecule has 3 heteroatoms. The summed E-state index contributed by atoms with van der Waals surface area (Å²) in [5.74, 6) is 0. The lowest BCUT2D eigenvalue weighted by Crippen LogP contribution is -2.30. The lowest BCUT2D eigenvalue weighted by Gasteiger charge is -2.20. The molecule has 152 valence electrons. The van der Waals surface area contributed by atoms with Gasteiger partial charge in [0.2, 0.25) is 11.4 Å². The fourth-order valence-electron chi connectivity index (χ4n) is 4.86. The van der Waals surface area contributed by atoms with Gasteiger partial charge in [0.05, 0.1) is 11.3 Å². The monoisotopic (exact) mass is 411 g/mol. The van der Waals surface area contributed by atoms with E-state index in [1.54, 1.807) is 25.3 Å². The van der Waals surface area contributed by atoms with Gasteiger partial charge in [0.1, 0.15) is 7.05 Å². The van der Waals surface area contributed by atoms with Gasteiger partial charge in [-0.25, -0.2) is 9.55 Å². The van der Waals surface area contributed by atoms with Gasteiger partial charge in [0, 0.05) is 42.1 Å². The first-order valence-electron chi connectivity index (χ1n) is 13.3. The highest BCUT2D eigenvalue weighted by Gasteiger charge is 2.37. The number of rotatable bonds is 1. The Morgan fingerprint density at radius 2 is 1.90 bits per heavy atom. The number of benzene rings is 2. The maximum absolute atomic E-state index is 8.42. The molecule has 6 rings (SSSR count). The van der Waals surface area contributed by atoms with Gasteiger partial charge in [-0.05, 0) is 42.1 Å². The Bertz CT molecular complexity index is 1750. The smallest absolute Gasteiger partial charge is 0.227 e. The average molecular weight is 412 g/mol. The summed E-state index contributed by atoms with van der Waals surface area (Å²) in [6.07, 6.45) is 1.74. The van der Waals surface area contributed by atoms with E-state index in [-0.39, 0.29) is 5.56 Å². The zero-order chi connectivity index (χ0) is 26.5. The molecule has 2 aromatic carbocycles. The first-order chi connectivity index (χ1) is 17.3. The van der Waals surface area contributed by atoms with E-state index in [9.17, 15) is 0 Å². The summed E-state index contributed by atoms with van der Waals surface area (Å²) in [6, 6.07) is 16.6. The van der Waals surface area contributed by atoms with Crippen molar-refractivity contribution in [1.29, 1.82) is 0 Å². The summed E-state index contributed by atoms with van der Waals surface area (Å²) in [5.41, 5.74) is 5.27. The Kier molecular flexibility index (Phi) is 2.54. The molecule has 0 amide bonds. The third kappa shape index (κ3) is 2.40. The Labute approximate surface area is 190 Å². The van der Waals surface area contributed by atoms with Gasteiger partial charge in [0.15, 0.2) is 11.8 Å². The van der Waals surface area contributed by atoms with Crippen LogP contribution in [-0.4, -0.2) is 4.98 Å². The van der Waals surface area contributed by atoms with Crippen molar-refractivity contribution < 1.29 is 17.2 Å². The molecule has 1 atom stereocenters. The molecule has 0 fully saturated rings. The van der Waals surface area contributed by atoms with Crippen LogP contribution in [0.15, 0.2) is 65.2 Å². The van der Waals surface area contributed by atoms with Gasteiger partial charge >= 0.3 is 0 Å². The fraction of sp³-hybridized carbons (Fsp3) is 0.214. The fourth-order valence-corrected chi connectivity index (χ4v) is 4.86. The molecule has 3 heterocycles. The van der Waals surface area contributed by atoms with E-state index >= 15 is 0 Å². The highest BCUT2D eigenvalue weighted by molar-refractivity contribution is 6.09. The maximum atomic E-state index is 8.42. The van der Waals surface area contributed by atoms with Crippen LogP contribution in [0.25, 0.3) is 44.6 Å². The van der Waals surface area contributed by atoms with Gasteiger partial charge in [-0.2, -0.15) is 0 Å². The summed E-state index contributed by atoms with van der Waals surface area (Å²) >= 11 is 0. The van der Waals surface area contributed by atoms with Crippen molar-refractivity contribution in [2.75, 3.05) is 0 Å². The molecule has 1 unspecified atom stereocenters. The standard InChI is InChI=1S/C28H25N2O/c1-16-12-13-30(5)23(14-16)24-17(2)10-11-18-20-15-22-25(29-27(20)31-26(18)24)19-8-6-7-9-21(19)28(22,3)4/h6-15H,1-5H3/q+1/i1D3,3D3. The van der Waals surface area contributed by atoms with Crippen LogP contribution >= 0.6 is 0 Å². The average Bonchev–Trinajstić information content (AvgIpc) is 3.31. The van der Waals surface area contributed by atoms with Crippen molar-refractivity contribution in [1.82, 2.24) is 4.98 Å². The number of pyridine rings is 2. The first kappa shape index (κ1) is 13.1. The lowest BCUT2D eigenvalue weighted by atomic mass is 9.82. The van der Waals surface area contributed by atoms with Crippen LogP contribution in [0, 0.1) is 13.8 Å². The second-order valence-corrected chi connectivity index (χ2v) is 8.56. The van der Waals surface area contributed by atoms with Crippen molar-refractivity contribution in [3.05, 3.63) is 83.0 Å². The zero-order valence-electron chi connectivity index (χ0n) is 23.6. The van der Waals surface area contributed by atoms with Crippen LogP contribution in [0.2, 0.25) is 0 Å². The van der Waals surface area contributed by atoms with E-state index < -0.39 is 19.1 Å². The van der Waals surface area contributed by atoms with Gasteiger partial charge in [-0.1, -0.05) is 50.2 Å². The quantitative estimate of drug-likeness (QED) is 0.299. The third-order valence-corrected chi connectivity index (χ3v) is 6.51. The van der Waals surface area contributed by atoms with Crippen molar-refractivity contribution in [2.45, 2.75) is 33.0 Å². The topological polar surface area (TPSA) is 29.9 Å². The summed E-state index contributed by atoms with van der Waals surface area (Å²) < 4.78 is 57.2. The summed E-state index contributed by atoms with van der Waals surface area (Å²) in [4.78, 5) is 4.87. The lowest BCUT2D eigenvalue weighted by molar-refractivity contribution is -0.660. The summed E-state index contributed by atoms with van der Waals surface area (Å²) in [7, 11) is 1.87. The number of hydrogen-bond acceptors (Lipinski definition) is 2. The van der Waals surface area contributed by atoms with Gasteiger partial charge < -0.3 is 4.42 Å². The molecule has 0 radical (unpaired) electrons. The molecule has 0 saturated carbocycles. The molecule has 1 aliphatic carbocycles. The van der Waals surface area contributed by atoms with Crippen LogP contribution < -0.4 is 4.57 Å². The Morgan fingerprint density at radius 3 is 2.74 bits per heavy atom. The SMILES string of the molecule is [2H]C([2H])([2H])c1cc[n+](C)c(-c2c(C)ccc3c2oc2nc4c(cc23)C(C)(C([2H])([2H])[2H])c2ccccc2-4)c1. The molecule has 31 heavy (non-hydrogen) atoms. The van der Waals surface area contributed by atoms with Crippen molar-refractivity contribution >= 4 is 22.1 Å². The van der Waals surface area contributed by atoms with E-state index in [1.165, 1.54) is 0 Å². The Hall–Kier alpha value is -3.46. The number of aromatic nitrogens is 2. The predicted octanol–water partition coefficient (Wildman–Crippen LogP) is 6.40. The molecular weight excluding hydrogens is 380 g/mol. The minimum atomic E-state index is -2.28. The predicted molar refractivity (Wildman–Crippen MR) is 125 cm³/mol. The highest BCUT2D eigenvalue weighted by atomic mass is 16.3. The number of fused-ring (bicyclic) bond motifs is 6. The highest BCUT2D eigenvalue weighted by Crippen LogP contribution is 2.49. The molecular formula is C28H25N2O+. The molecule has 0 saturated heterocycles. The number of hydrogen-bond donors (Lipinski definition) is 0. The number of aryl methyl sites for hydroxylation is 3. The molecule has 5 aromatic rings. The van der Waals surface area contributed by atoms with Gasteiger partial charge in [-0.15, -0.1) is 0 Å². The maximum Gasteiger partial charge on any atom is 0.227 e. The molecule has 0 aliphatic heterocycles. The first-order valence-corrected chi connectivity index (χ1v) is 10.3. The van der Waals surface area contributed by atoms with Crippen LogP contribution in [0.3, 0.4) is 0 Å². The van der Waals surface area contributed by atoms with E-state index in [2.05, 4.69) is 0 Å².